The number of carboxylic acid groups (broad SMARTS) is 2. The van der Waals surface area contributed by atoms with Gasteiger partial charge in [0, 0.05) is 17.6 Å². The van der Waals surface area contributed by atoms with Crippen LogP contribution in [0.25, 0.3) is 0 Å². The van der Waals surface area contributed by atoms with E-state index >= 15 is 0 Å². The second kappa shape index (κ2) is 3.58. The van der Waals surface area contributed by atoms with E-state index in [0.29, 0.717) is 0 Å². The Kier molecular flexibility index (Phi) is 2.62. The van der Waals surface area contributed by atoms with Crippen LogP contribution in [0.4, 0.5) is 0 Å². The normalized spacial score (nSPS) is 24.8. The molecule has 1 aliphatic rings. The summed E-state index contributed by atoms with van der Waals surface area (Å²) < 4.78 is 0. The molecular formula is C10H9NO4. The summed E-state index contributed by atoms with van der Waals surface area (Å²) in [6.45, 7) is 1.35. The number of carbonyl (C=O) groups is 2. The number of rotatable bonds is 2. The Morgan fingerprint density at radius 1 is 1.47 bits per heavy atom. The van der Waals surface area contributed by atoms with Crippen molar-refractivity contribution in [2.75, 3.05) is 0 Å². The highest BCUT2D eigenvalue weighted by molar-refractivity contribution is 5.91. The Morgan fingerprint density at radius 2 is 2.07 bits per heavy atom. The second-order valence-corrected chi connectivity index (χ2v) is 3.50. The van der Waals surface area contributed by atoms with Gasteiger partial charge in [0.1, 0.15) is 5.41 Å². The van der Waals surface area contributed by atoms with Crippen LogP contribution in [0.3, 0.4) is 0 Å². The van der Waals surface area contributed by atoms with Crippen molar-refractivity contribution in [3.8, 4) is 6.07 Å². The molecule has 15 heavy (non-hydrogen) atoms. The summed E-state index contributed by atoms with van der Waals surface area (Å²) in [5.74, 6) is -2.35. The van der Waals surface area contributed by atoms with E-state index in [1.54, 1.807) is 6.07 Å². The Hall–Kier alpha value is -2.09. The summed E-state index contributed by atoms with van der Waals surface area (Å²) in [6.07, 6.45) is 2.35. The smallest absolute Gasteiger partial charge is 0.331 e. The minimum Gasteiger partial charge on any atom is -0.481 e. The van der Waals surface area contributed by atoms with Crippen LogP contribution in [0.15, 0.2) is 23.3 Å². The molecule has 5 heteroatoms. The Bertz CT molecular complexity index is 427. The van der Waals surface area contributed by atoms with Crippen LogP contribution in [-0.4, -0.2) is 22.2 Å². The molecule has 0 saturated heterocycles. The lowest BCUT2D eigenvalue weighted by molar-refractivity contribution is -0.145. The van der Waals surface area contributed by atoms with Gasteiger partial charge in [-0.25, -0.2) is 4.79 Å². The minimum atomic E-state index is -1.43. The van der Waals surface area contributed by atoms with E-state index in [1.165, 1.54) is 19.1 Å². The van der Waals surface area contributed by atoms with Crippen LogP contribution in [-0.2, 0) is 9.59 Å². The lowest BCUT2D eigenvalue weighted by Crippen LogP contribution is -2.32. The molecule has 0 heterocycles. The predicted octanol–water partition coefficient (Wildman–Crippen LogP) is 0.942. The fourth-order valence-corrected chi connectivity index (χ4v) is 1.40. The quantitative estimate of drug-likeness (QED) is 0.702. The maximum atomic E-state index is 11.0. The van der Waals surface area contributed by atoms with Gasteiger partial charge in [0.05, 0.1) is 6.07 Å². The van der Waals surface area contributed by atoms with Gasteiger partial charge in [0.15, 0.2) is 0 Å². The molecule has 78 valence electrons. The van der Waals surface area contributed by atoms with Crippen LogP contribution in [0.1, 0.15) is 13.3 Å². The maximum Gasteiger partial charge on any atom is 0.331 e. The van der Waals surface area contributed by atoms with Gasteiger partial charge in [-0.15, -0.1) is 0 Å². The first-order valence-electron chi connectivity index (χ1n) is 4.20. The standard InChI is InChI=1S/C10H9NO4/c1-10(9(14)15)4-6(8(12)13)2-3-7(10)5-11/h2-3H,4H2,1H3,(H,12,13)(H,14,15). The average Bonchev–Trinajstić information content (AvgIpc) is 2.17. The SMILES string of the molecule is CC1(C(=O)O)CC(C(=O)O)=CC=C1C#N. The first-order chi connectivity index (χ1) is 6.91. The Balaban J connectivity index is 3.21. The van der Waals surface area contributed by atoms with E-state index < -0.39 is 17.4 Å². The molecule has 0 saturated carbocycles. The molecule has 0 amide bonds. The molecule has 1 rings (SSSR count). The summed E-state index contributed by atoms with van der Waals surface area (Å²) in [5.41, 5.74) is -1.36. The molecule has 5 nitrogen and oxygen atoms in total. The number of allylic oxidation sites excluding steroid dienone is 2. The number of carboxylic acids is 2. The highest BCUT2D eigenvalue weighted by atomic mass is 16.4. The fourth-order valence-electron chi connectivity index (χ4n) is 1.40. The van der Waals surface area contributed by atoms with E-state index in [-0.39, 0.29) is 17.6 Å². The molecule has 1 atom stereocenters. The number of nitrogens with zero attached hydrogens (tertiary/aromatic N) is 1. The zero-order valence-electron chi connectivity index (χ0n) is 8.02. The van der Waals surface area contributed by atoms with Gasteiger partial charge in [-0.2, -0.15) is 5.26 Å². The van der Waals surface area contributed by atoms with Crippen LogP contribution in [0, 0.1) is 16.7 Å². The van der Waals surface area contributed by atoms with E-state index in [0.717, 1.165) is 0 Å². The molecule has 1 unspecified atom stereocenters. The summed E-state index contributed by atoms with van der Waals surface area (Å²) in [5, 5.41) is 26.5. The highest BCUT2D eigenvalue weighted by Gasteiger charge is 2.41. The zero-order valence-corrected chi connectivity index (χ0v) is 8.02. The summed E-state index contributed by atoms with van der Waals surface area (Å²) in [4.78, 5) is 21.7. The molecular weight excluding hydrogens is 198 g/mol. The van der Waals surface area contributed by atoms with Crippen molar-refractivity contribution in [2.45, 2.75) is 13.3 Å². The van der Waals surface area contributed by atoms with Crippen LogP contribution in [0.5, 0.6) is 0 Å². The molecule has 0 bridgehead atoms. The largest absolute Gasteiger partial charge is 0.481 e. The van der Waals surface area contributed by atoms with Crippen molar-refractivity contribution in [1.29, 1.82) is 5.26 Å². The molecule has 2 N–H and O–H groups in total. The molecule has 0 fully saturated rings. The number of hydrogen-bond acceptors (Lipinski definition) is 3. The third kappa shape index (κ3) is 1.74. The molecule has 0 radical (unpaired) electrons. The van der Waals surface area contributed by atoms with E-state index in [4.69, 9.17) is 15.5 Å². The van der Waals surface area contributed by atoms with Crippen LogP contribution >= 0.6 is 0 Å². The average molecular weight is 207 g/mol. The summed E-state index contributed by atoms with van der Waals surface area (Å²) in [7, 11) is 0. The van der Waals surface area contributed by atoms with Gasteiger partial charge < -0.3 is 10.2 Å². The van der Waals surface area contributed by atoms with E-state index in [1.807, 2.05) is 0 Å². The third-order valence-corrected chi connectivity index (χ3v) is 2.46. The fraction of sp³-hybridized carbons (Fsp3) is 0.300. The molecule has 0 aliphatic heterocycles. The van der Waals surface area contributed by atoms with Gasteiger partial charge in [-0.05, 0) is 13.0 Å². The van der Waals surface area contributed by atoms with Gasteiger partial charge in [-0.1, -0.05) is 6.08 Å². The van der Waals surface area contributed by atoms with Crippen molar-refractivity contribution in [3.63, 3.8) is 0 Å². The monoisotopic (exact) mass is 207 g/mol. The molecule has 0 aromatic carbocycles. The number of nitriles is 1. The predicted molar refractivity (Wildman–Crippen MR) is 49.8 cm³/mol. The topological polar surface area (TPSA) is 98.4 Å². The lowest BCUT2D eigenvalue weighted by atomic mass is 9.74. The van der Waals surface area contributed by atoms with Gasteiger partial charge >= 0.3 is 11.9 Å². The van der Waals surface area contributed by atoms with Gasteiger partial charge in [0.25, 0.3) is 0 Å². The highest BCUT2D eigenvalue weighted by Crippen LogP contribution is 2.37. The maximum absolute atomic E-state index is 11.0. The van der Waals surface area contributed by atoms with E-state index in [9.17, 15) is 9.59 Å². The van der Waals surface area contributed by atoms with Crippen molar-refractivity contribution in [1.82, 2.24) is 0 Å². The Morgan fingerprint density at radius 3 is 2.47 bits per heavy atom. The third-order valence-electron chi connectivity index (χ3n) is 2.46. The van der Waals surface area contributed by atoms with Gasteiger partial charge in [-0.3, -0.25) is 4.79 Å². The first kappa shape index (κ1) is 11.0. The number of hydrogen-bond donors (Lipinski definition) is 2. The van der Waals surface area contributed by atoms with Crippen molar-refractivity contribution in [2.24, 2.45) is 5.41 Å². The molecule has 0 aromatic heterocycles. The van der Waals surface area contributed by atoms with Gasteiger partial charge in [0.2, 0.25) is 0 Å². The van der Waals surface area contributed by atoms with Crippen LogP contribution < -0.4 is 0 Å². The van der Waals surface area contributed by atoms with E-state index in [2.05, 4.69) is 0 Å². The number of aliphatic carboxylic acids is 2. The second-order valence-electron chi connectivity index (χ2n) is 3.50. The van der Waals surface area contributed by atoms with Crippen molar-refractivity contribution >= 4 is 11.9 Å². The van der Waals surface area contributed by atoms with Crippen molar-refractivity contribution < 1.29 is 19.8 Å². The van der Waals surface area contributed by atoms with Crippen molar-refractivity contribution in [3.05, 3.63) is 23.3 Å². The first-order valence-corrected chi connectivity index (χ1v) is 4.20. The molecule has 0 aromatic rings. The summed E-state index contributed by atoms with van der Waals surface area (Å²) >= 11 is 0. The zero-order chi connectivity index (χ0) is 11.6. The minimum absolute atomic E-state index is 0.00102. The lowest BCUT2D eigenvalue weighted by Gasteiger charge is -2.26. The summed E-state index contributed by atoms with van der Waals surface area (Å²) in [6, 6.07) is 1.78. The van der Waals surface area contributed by atoms with Crippen LogP contribution in [0.2, 0.25) is 0 Å². The molecule has 1 aliphatic carbocycles. The Labute approximate surface area is 85.9 Å². The molecule has 0 spiro atoms.